The molecule has 296 valence electrons. The van der Waals surface area contributed by atoms with E-state index in [1.54, 1.807) is 25.8 Å². The first-order valence-electron chi connectivity index (χ1n) is 18.5. The van der Waals surface area contributed by atoms with Crippen LogP contribution >= 0.6 is 8.53 Å². The van der Waals surface area contributed by atoms with Gasteiger partial charge in [0.1, 0.15) is 41.2 Å². The Balaban J connectivity index is 1.46. The Morgan fingerprint density at radius 1 is 0.911 bits per heavy atom. The van der Waals surface area contributed by atoms with E-state index >= 15 is 4.39 Å². The summed E-state index contributed by atoms with van der Waals surface area (Å²) in [6.45, 7) is 8.13. The molecule has 1 aliphatic heterocycles. The number of nitrogens with zero attached hydrogens (tertiary/aromatic N) is 6. The summed E-state index contributed by atoms with van der Waals surface area (Å²) in [5.74, 6) is 1.87. The lowest BCUT2D eigenvalue weighted by atomic mass is 9.80. The maximum atomic E-state index is 17.4. The maximum absolute atomic E-state index is 17.4. The number of aromatic nitrogens is 4. The number of imidazole rings is 1. The van der Waals surface area contributed by atoms with Gasteiger partial charge in [0.25, 0.3) is 8.53 Å². The fourth-order valence-corrected chi connectivity index (χ4v) is 8.84. The lowest BCUT2D eigenvalue weighted by Gasteiger charge is -2.39. The van der Waals surface area contributed by atoms with Gasteiger partial charge in [0.2, 0.25) is 0 Å². The molecule has 0 spiro atoms. The highest BCUT2D eigenvalue weighted by atomic mass is 31.2. The summed E-state index contributed by atoms with van der Waals surface area (Å²) in [6, 6.07) is 27.3. The number of benzene rings is 3. The maximum Gasteiger partial charge on any atom is 0.259 e. The Morgan fingerprint density at radius 2 is 1.52 bits per heavy atom. The van der Waals surface area contributed by atoms with Crippen molar-refractivity contribution in [3.05, 3.63) is 108 Å². The molecule has 6 rings (SSSR count). The number of nitrogens with one attached hydrogen (secondary N) is 1. The minimum Gasteiger partial charge on any atom is -0.497 e. The Kier molecular flexibility index (Phi) is 13.5. The second-order valence-electron chi connectivity index (χ2n) is 13.7. The molecule has 1 aliphatic rings. The molecule has 2 unspecified atom stereocenters. The number of halogens is 1. The minimum atomic E-state index is -1.86. The fraction of sp³-hybridized carbons (Fsp3) is 0.415. The number of methoxy groups -OCH3 is 2. The van der Waals surface area contributed by atoms with Gasteiger partial charge in [0.15, 0.2) is 23.9 Å². The van der Waals surface area contributed by atoms with Crippen molar-refractivity contribution < 1.29 is 32.4 Å². The van der Waals surface area contributed by atoms with Gasteiger partial charge in [-0.3, -0.25) is 4.57 Å². The number of anilines is 1. The number of hydrogen-bond acceptors (Lipinski definition) is 12. The van der Waals surface area contributed by atoms with E-state index in [9.17, 15) is 5.26 Å². The second kappa shape index (κ2) is 18.5. The Morgan fingerprint density at radius 3 is 2.07 bits per heavy atom. The highest BCUT2D eigenvalue weighted by Gasteiger charge is 2.51. The van der Waals surface area contributed by atoms with Crippen LogP contribution in [0.4, 0.5) is 10.2 Å². The number of nitriles is 1. The van der Waals surface area contributed by atoms with Crippen LogP contribution in [0.1, 0.15) is 57.0 Å². The van der Waals surface area contributed by atoms with Crippen molar-refractivity contribution in [1.29, 1.82) is 5.26 Å². The number of hydrogen-bond donors (Lipinski definition) is 1. The first-order valence-corrected chi connectivity index (χ1v) is 19.7. The van der Waals surface area contributed by atoms with Gasteiger partial charge in [0, 0.05) is 19.1 Å². The molecule has 0 saturated carbocycles. The first kappa shape index (κ1) is 40.9. The van der Waals surface area contributed by atoms with Gasteiger partial charge in [-0.1, -0.05) is 54.6 Å². The highest BCUT2D eigenvalue weighted by Crippen LogP contribution is 2.51. The van der Waals surface area contributed by atoms with Crippen LogP contribution in [0.2, 0.25) is 0 Å². The molecule has 3 heterocycles. The highest BCUT2D eigenvalue weighted by molar-refractivity contribution is 7.44. The van der Waals surface area contributed by atoms with Crippen molar-refractivity contribution in [2.45, 2.75) is 76.4 Å². The van der Waals surface area contributed by atoms with Crippen LogP contribution in [-0.2, 0) is 24.1 Å². The summed E-state index contributed by atoms with van der Waals surface area (Å²) >= 11 is 0. The van der Waals surface area contributed by atoms with Crippen LogP contribution in [0, 0.1) is 11.3 Å². The van der Waals surface area contributed by atoms with Gasteiger partial charge in [-0.2, -0.15) is 5.26 Å². The van der Waals surface area contributed by atoms with Crippen molar-refractivity contribution in [3.8, 4) is 17.6 Å². The summed E-state index contributed by atoms with van der Waals surface area (Å²) < 4.78 is 59.0. The Bertz CT molecular complexity index is 1990. The molecule has 1 N–H and O–H groups in total. The van der Waals surface area contributed by atoms with Crippen molar-refractivity contribution in [2.24, 2.45) is 0 Å². The second-order valence-corrected chi connectivity index (χ2v) is 15.1. The molecule has 1 saturated heterocycles. The van der Waals surface area contributed by atoms with Gasteiger partial charge < -0.3 is 33.3 Å². The largest absolute Gasteiger partial charge is 0.497 e. The molecule has 5 atom stereocenters. The molecular formula is C41H49FN7O6P. The molecule has 0 aliphatic carbocycles. The number of fused-ring (bicyclic) bond motifs is 1. The molecule has 3 aromatic carbocycles. The molecule has 0 amide bonds. The molecule has 13 nitrogen and oxygen atoms in total. The third kappa shape index (κ3) is 8.34. The molecule has 5 aromatic rings. The number of ether oxygens (including phenoxy) is 4. The molecule has 1 fully saturated rings. The van der Waals surface area contributed by atoms with E-state index in [2.05, 4.69) is 31.0 Å². The molecular weight excluding hydrogens is 736 g/mol. The normalized spacial score (nSPS) is 19.1. The van der Waals surface area contributed by atoms with E-state index in [0.29, 0.717) is 28.5 Å². The van der Waals surface area contributed by atoms with Gasteiger partial charge in [-0.05, 0) is 68.7 Å². The van der Waals surface area contributed by atoms with E-state index in [4.69, 9.17) is 28.0 Å². The van der Waals surface area contributed by atoms with E-state index < -0.39 is 38.7 Å². The van der Waals surface area contributed by atoms with Gasteiger partial charge >= 0.3 is 0 Å². The number of rotatable bonds is 18. The predicted octanol–water partition coefficient (Wildman–Crippen LogP) is 7.79. The summed E-state index contributed by atoms with van der Waals surface area (Å²) in [7, 11) is 3.11. The van der Waals surface area contributed by atoms with E-state index in [1.807, 2.05) is 107 Å². The number of alkyl halides is 1. The lowest BCUT2D eigenvalue weighted by Crippen LogP contribution is -2.41. The molecule has 56 heavy (non-hydrogen) atoms. The van der Waals surface area contributed by atoms with Crippen LogP contribution in [0.3, 0.4) is 0 Å². The minimum absolute atomic E-state index is 0.0146. The SMILES string of the molecule is CNc1ncnc2c1ncn2[C@@H]1O[C@H](COC(c2ccccc2)(c2ccc(OC)cc2)c2ccc(OC)cc2)C(OP(OCCC#N)N(C(C)C)C(C)C)[C@@H]1F. The summed E-state index contributed by atoms with van der Waals surface area (Å²) in [5, 5.41) is 12.4. The summed E-state index contributed by atoms with van der Waals surface area (Å²) in [4.78, 5) is 13.2. The summed E-state index contributed by atoms with van der Waals surface area (Å²) in [6.07, 6.45) is -1.98. The summed E-state index contributed by atoms with van der Waals surface area (Å²) in [5.41, 5.74) is 2.11. The molecule has 0 bridgehead atoms. The predicted molar refractivity (Wildman–Crippen MR) is 212 cm³/mol. The third-order valence-electron chi connectivity index (χ3n) is 9.65. The average Bonchev–Trinajstić information content (AvgIpc) is 3.78. The van der Waals surface area contributed by atoms with E-state index in [0.717, 1.165) is 16.7 Å². The fourth-order valence-electron chi connectivity index (χ4n) is 7.08. The zero-order chi connectivity index (χ0) is 39.8. The van der Waals surface area contributed by atoms with Crippen LogP contribution in [0.5, 0.6) is 11.5 Å². The molecule has 0 radical (unpaired) electrons. The average molecular weight is 786 g/mol. The van der Waals surface area contributed by atoms with Crippen molar-refractivity contribution in [2.75, 3.05) is 39.8 Å². The molecule has 2 aromatic heterocycles. The zero-order valence-electron chi connectivity index (χ0n) is 32.7. The van der Waals surface area contributed by atoms with E-state index in [1.165, 1.54) is 12.7 Å². The van der Waals surface area contributed by atoms with Crippen LogP contribution in [0.25, 0.3) is 11.2 Å². The smallest absolute Gasteiger partial charge is 0.259 e. The monoisotopic (exact) mass is 785 g/mol. The standard InChI is InChI=1S/C41H49FN7O6P/c1-27(2)49(28(3)4)56(53-23-11-22-43)55-37-34(54-40(35(37)42)48-26-47-36-38(44-5)45-25-46-39(36)48)24-52-41(29-12-9-8-10-13-29,30-14-18-32(50-6)19-15-30)31-16-20-33(51-7)21-17-31/h8-10,12-21,25-28,34-35,37,40H,11,23-24H2,1-7H3,(H,44,45,46)/t34-,35+,37?,40-,56?/m1/s1. The van der Waals surface area contributed by atoms with Gasteiger partial charge in [0.05, 0.1) is 46.3 Å². The van der Waals surface area contributed by atoms with Gasteiger partial charge in [-0.15, -0.1) is 0 Å². The van der Waals surface area contributed by atoms with Crippen molar-refractivity contribution in [1.82, 2.24) is 24.2 Å². The van der Waals surface area contributed by atoms with Gasteiger partial charge in [-0.25, -0.2) is 24.0 Å². The van der Waals surface area contributed by atoms with Crippen LogP contribution < -0.4 is 14.8 Å². The van der Waals surface area contributed by atoms with Crippen LogP contribution in [-0.4, -0.2) is 89.1 Å². The van der Waals surface area contributed by atoms with Crippen molar-refractivity contribution >= 4 is 25.5 Å². The molecule has 15 heteroatoms. The Hall–Kier alpha value is -4.74. The third-order valence-corrected chi connectivity index (χ3v) is 11.8. The lowest BCUT2D eigenvalue weighted by molar-refractivity contribution is -0.0919. The Labute approximate surface area is 328 Å². The topological polar surface area (TPSA) is 138 Å². The zero-order valence-corrected chi connectivity index (χ0v) is 33.6. The van der Waals surface area contributed by atoms with Crippen LogP contribution in [0.15, 0.2) is 91.5 Å². The van der Waals surface area contributed by atoms with Crippen molar-refractivity contribution in [3.63, 3.8) is 0 Å². The quantitative estimate of drug-likeness (QED) is 0.0527. The first-order chi connectivity index (χ1) is 27.2. The van der Waals surface area contributed by atoms with E-state index in [-0.39, 0.29) is 31.7 Å².